The summed E-state index contributed by atoms with van der Waals surface area (Å²) >= 11 is 1.51. The third-order valence-electron chi connectivity index (χ3n) is 2.19. The van der Waals surface area contributed by atoms with Crippen molar-refractivity contribution >= 4 is 22.9 Å². The molecule has 6 heteroatoms. The predicted molar refractivity (Wildman–Crippen MR) is 67.1 cm³/mol. The maximum absolute atomic E-state index is 11.7. The molecule has 0 saturated carbocycles. The quantitative estimate of drug-likeness (QED) is 0.860. The average Bonchev–Trinajstić information content (AvgIpc) is 2.89. The van der Waals surface area contributed by atoms with Crippen molar-refractivity contribution in [3.63, 3.8) is 0 Å². The van der Waals surface area contributed by atoms with Crippen LogP contribution in [0.1, 0.15) is 15.4 Å². The lowest BCUT2D eigenvalue weighted by atomic mass is 10.3. The van der Waals surface area contributed by atoms with Gasteiger partial charge in [0.2, 0.25) is 0 Å². The van der Waals surface area contributed by atoms with E-state index in [9.17, 15) is 4.79 Å². The number of amides is 1. The minimum atomic E-state index is -0.180. The number of aromatic nitrogens is 2. The second kappa shape index (κ2) is 5.40. The van der Waals surface area contributed by atoms with Gasteiger partial charge < -0.3 is 10.6 Å². The zero-order chi connectivity index (χ0) is 12.1. The molecule has 2 heterocycles. The van der Waals surface area contributed by atoms with Gasteiger partial charge >= 0.3 is 0 Å². The Morgan fingerprint density at radius 2 is 2.29 bits per heavy atom. The zero-order valence-electron chi connectivity index (χ0n) is 9.30. The number of hydrogen-bond donors (Lipinski definition) is 2. The first-order valence-electron chi connectivity index (χ1n) is 5.09. The molecule has 5 nitrogen and oxygen atoms in total. The highest BCUT2D eigenvalue weighted by atomic mass is 32.1. The van der Waals surface area contributed by atoms with E-state index in [4.69, 9.17) is 0 Å². The molecule has 0 aliphatic carbocycles. The number of carbonyl (C=O) groups is 1. The predicted octanol–water partition coefficient (Wildman–Crippen LogP) is 1.51. The minimum Gasteiger partial charge on any atom is -0.387 e. The van der Waals surface area contributed by atoms with Crippen LogP contribution in [0.2, 0.25) is 0 Å². The molecule has 0 radical (unpaired) electrons. The Hall–Kier alpha value is -1.95. The lowest BCUT2D eigenvalue weighted by molar-refractivity contribution is 0.0946. The standard InChI is InChI=1S/C11H12N4OS/c1-12-8-2-3-10(14-4-8)11(16)15-6-9-5-13-7-17-9/h2-5,7,12H,6H2,1H3,(H,15,16). The number of anilines is 1. The highest BCUT2D eigenvalue weighted by molar-refractivity contribution is 7.09. The Morgan fingerprint density at radius 3 is 2.88 bits per heavy atom. The first-order chi connectivity index (χ1) is 8.29. The van der Waals surface area contributed by atoms with Crippen LogP contribution >= 0.6 is 11.3 Å². The fourth-order valence-electron chi connectivity index (χ4n) is 1.26. The normalized spacial score (nSPS) is 9.94. The van der Waals surface area contributed by atoms with E-state index in [0.29, 0.717) is 12.2 Å². The zero-order valence-corrected chi connectivity index (χ0v) is 10.1. The molecule has 0 bridgehead atoms. The van der Waals surface area contributed by atoms with Gasteiger partial charge in [-0.2, -0.15) is 0 Å². The Bertz CT molecular complexity index is 481. The van der Waals surface area contributed by atoms with Gasteiger partial charge in [-0.15, -0.1) is 11.3 Å². The fraction of sp³-hybridized carbons (Fsp3) is 0.182. The second-order valence-electron chi connectivity index (χ2n) is 3.33. The van der Waals surface area contributed by atoms with E-state index in [0.717, 1.165) is 10.6 Å². The first-order valence-corrected chi connectivity index (χ1v) is 5.97. The van der Waals surface area contributed by atoms with Crippen molar-refractivity contribution in [2.24, 2.45) is 0 Å². The highest BCUT2D eigenvalue weighted by Crippen LogP contribution is 2.07. The molecule has 2 aromatic rings. The molecule has 0 fully saturated rings. The Kier molecular flexibility index (Phi) is 3.66. The number of rotatable bonds is 4. The van der Waals surface area contributed by atoms with E-state index in [-0.39, 0.29) is 5.91 Å². The molecule has 0 aliphatic rings. The summed E-state index contributed by atoms with van der Waals surface area (Å²) in [6.07, 6.45) is 3.37. The molecule has 0 aliphatic heterocycles. The van der Waals surface area contributed by atoms with Crippen molar-refractivity contribution in [2.45, 2.75) is 6.54 Å². The van der Waals surface area contributed by atoms with Crippen LogP contribution in [-0.4, -0.2) is 22.9 Å². The van der Waals surface area contributed by atoms with Gasteiger partial charge in [0.05, 0.1) is 23.9 Å². The van der Waals surface area contributed by atoms with Gasteiger partial charge in [0.25, 0.3) is 5.91 Å². The molecule has 1 amide bonds. The van der Waals surface area contributed by atoms with Gasteiger partial charge in [-0.1, -0.05) is 0 Å². The topological polar surface area (TPSA) is 66.9 Å². The van der Waals surface area contributed by atoms with Crippen LogP contribution in [-0.2, 0) is 6.54 Å². The SMILES string of the molecule is CNc1ccc(C(=O)NCc2cncs2)nc1. The van der Waals surface area contributed by atoms with Gasteiger partial charge in [-0.25, -0.2) is 4.98 Å². The second-order valence-corrected chi connectivity index (χ2v) is 4.30. The van der Waals surface area contributed by atoms with Crippen molar-refractivity contribution in [3.8, 4) is 0 Å². The van der Waals surface area contributed by atoms with E-state index in [1.165, 1.54) is 11.3 Å². The maximum atomic E-state index is 11.7. The van der Waals surface area contributed by atoms with Crippen molar-refractivity contribution in [3.05, 3.63) is 40.6 Å². The molecule has 0 saturated heterocycles. The molecule has 2 N–H and O–H groups in total. The summed E-state index contributed by atoms with van der Waals surface area (Å²) in [6.45, 7) is 0.485. The Balaban J connectivity index is 1.95. The Labute approximate surface area is 103 Å². The van der Waals surface area contributed by atoms with Crippen LogP contribution in [0.3, 0.4) is 0 Å². The summed E-state index contributed by atoms with van der Waals surface area (Å²) in [5.74, 6) is -0.180. The van der Waals surface area contributed by atoms with Crippen LogP contribution in [0.25, 0.3) is 0 Å². The lowest BCUT2D eigenvalue weighted by Gasteiger charge is -2.03. The van der Waals surface area contributed by atoms with E-state index in [1.54, 1.807) is 31.0 Å². The molecule has 0 aromatic carbocycles. The van der Waals surface area contributed by atoms with Crippen molar-refractivity contribution < 1.29 is 4.79 Å². The summed E-state index contributed by atoms with van der Waals surface area (Å²) in [4.78, 5) is 20.7. The van der Waals surface area contributed by atoms with E-state index in [2.05, 4.69) is 20.6 Å². The molecule has 0 unspecified atom stereocenters. The van der Waals surface area contributed by atoms with Crippen LogP contribution in [0, 0.1) is 0 Å². The summed E-state index contributed by atoms with van der Waals surface area (Å²) in [5.41, 5.74) is 3.03. The number of nitrogens with zero attached hydrogens (tertiary/aromatic N) is 2. The number of nitrogens with one attached hydrogen (secondary N) is 2. The average molecular weight is 248 g/mol. The number of hydrogen-bond acceptors (Lipinski definition) is 5. The monoisotopic (exact) mass is 248 g/mol. The van der Waals surface area contributed by atoms with E-state index in [1.807, 2.05) is 6.07 Å². The van der Waals surface area contributed by atoms with Gasteiger partial charge in [-0.05, 0) is 12.1 Å². The van der Waals surface area contributed by atoms with Crippen molar-refractivity contribution in [2.75, 3.05) is 12.4 Å². The lowest BCUT2D eigenvalue weighted by Crippen LogP contribution is -2.23. The molecule has 2 rings (SSSR count). The Morgan fingerprint density at radius 1 is 1.41 bits per heavy atom. The number of carbonyl (C=O) groups excluding carboxylic acids is 1. The van der Waals surface area contributed by atoms with Gasteiger partial charge in [0.15, 0.2) is 0 Å². The van der Waals surface area contributed by atoms with Crippen LogP contribution in [0.5, 0.6) is 0 Å². The first kappa shape index (κ1) is 11.5. The molecular formula is C11H12N4OS. The third-order valence-corrected chi connectivity index (χ3v) is 2.97. The van der Waals surface area contributed by atoms with Crippen LogP contribution in [0.15, 0.2) is 30.0 Å². The fourth-order valence-corrected chi connectivity index (χ4v) is 1.80. The van der Waals surface area contributed by atoms with Gasteiger partial charge in [0.1, 0.15) is 5.69 Å². The maximum Gasteiger partial charge on any atom is 0.270 e. The molecule has 17 heavy (non-hydrogen) atoms. The van der Waals surface area contributed by atoms with Crippen LogP contribution < -0.4 is 10.6 Å². The largest absolute Gasteiger partial charge is 0.387 e. The number of thiazole rings is 1. The summed E-state index contributed by atoms with van der Waals surface area (Å²) in [7, 11) is 1.81. The molecule has 0 spiro atoms. The molecule has 88 valence electrons. The van der Waals surface area contributed by atoms with Gasteiger partial charge in [0, 0.05) is 18.1 Å². The summed E-state index contributed by atoms with van der Waals surface area (Å²) in [5, 5.41) is 5.73. The third kappa shape index (κ3) is 3.01. The van der Waals surface area contributed by atoms with Crippen molar-refractivity contribution in [1.82, 2.24) is 15.3 Å². The van der Waals surface area contributed by atoms with E-state index < -0.39 is 0 Å². The molecule has 0 atom stereocenters. The molecular weight excluding hydrogens is 236 g/mol. The highest BCUT2D eigenvalue weighted by Gasteiger charge is 2.06. The smallest absolute Gasteiger partial charge is 0.270 e. The van der Waals surface area contributed by atoms with E-state index >= 15 is 0 Å². The summed E-state index contributed by atoms with van der Waals surface area (Å²) in [6, 6.07) is 3.50. The van der Waals surface area contributed by atoms with Gasteiger partial charge in [-0.3, -0.25) is 9.78 Å². The summed E-state index contributed by atoms with van der Waals surface area (Å²) < 4.78 is 0. The van der Waals surface area contributed by atoms with Crippen LogP contribution in [0.4, 0.5) is 5.69 Å². The number of pyridine rings is 1. The minimum absolute atomic E-state index is 0.180. The van der Waals surface area contributed by atoms with Crippen molar-refractivity contribution in [1.29, 1.82) is 0 Å². The molecule has 2 aromatic heterocycles.